The Morgan fingerprint density at radius 1 is 0.639 bits per heavy atom. The van der Waals surface area contributed by atoms with Crippen LogP contribution in [-0.2, 0) is 4.79 Å². The van der Waals surface area contributed by atoms with E-state index >= 15 is 0 Å². The number of amides is 2. The van der Waals surface area contributed by atoms with Crippen molar-refractivity contribution >= 4 is 46.0 Å². The van der Waals surface area contributed by atoms with Crippen LogP contribution in [0.2, 0.25) is 5.02 Å². The Hall–Kier alpha value is -4.23. The molecule has 0 atom stereocenters. The summed E-state index contributed by atoms with van der Waals surface area (Å²) >= 11 is 6.43. The first-order valence-electron chi connectivity index (χ1n) is 11.5. The Labute approximate surface area is 212 Å². The predicted molar refractivity (Wildman–Crippen MR) is 136 cm³/mol. The van der Waals surface area contributed by atoms with Crippen LogP contribution in [0.5, 0.6) is 0 Å². The highest BCUT2D eigenvalue weighted by atomic mass is 35.5. The van der Waals surface area contributed by atoms with Gasteiger partial charge in [0.15, 0.2) is 0 Å². The maximum absolute atomic E-state index is 13.4. The molecule has 3 aromatic carbocycles. The van der Waals surface area contributed by atoms with Gasteiger partial charge in [-0.3, -0.25) is 23.7 Å². The molecule has 2 heterocycles. The molecule has 36 heavy (non-hydrogen) atoms. The lowest BCUT2D eigenvalue weighted by molar-refractivity contribution is -0.127. The first kappa shape index (κ1) is 23.5. The molecule has 1 saturated heterocycles. The average Bonchev–Trinajstić information content (AvgIpc) is 3.33. The van der Waals surface area contributed by atoms with Crippen molar-refractivity contribution in [2.75, 3.05) is 26.2 Å². The van der Waals surface area contributed by atoms with Gasteiger partial charge in [-0.1, -0.05) is 54.1 Å². The van der Waals surface area contributed by atoms with E-state index < -0.39 is 11.7 Å². The monoisotopic (exact) mass is 499 g/mol. The van der Waals surface area contributed by atoms with Gasteiger partial charge < -0.3 is 9.80 Å². The van der Waals surface area contributed by atoms with Crippen molar-refractivity contribution in [3.8, 4) is 0 Å². The highest BCUT2D eigenvalue weighted by Crippen LogP contribution is 2.30. The molecule has 1 fully saturated rings. The number of nitrogens with zero attached hydrogens (tertiary/aromatic N) is 3. The summed E-state index contributed by atoms with van der Waals surface area (Å²) in [5.41, 5.74) is 1.55. The minimum atomic E-state index is -0.740. The Balaban J connectivity index is 1.38. The van der Waals surface area contributed by atoms with Gasteiger partial charge in [-0.25, -0.2) is 0 Å². The molecule has 5 rings (SSSR count). The van der Waals surface area contributed by atoms with Gasteiger partial charge in [0.1, 0.15) is 0 Å². The van der Waals surface area contributed by atoms with Gasteiger partial charge in [0.05, 0.1) is 16.1 Å². The predicted octanol–water partition coefficient (Wildman–Crippen LogP) is 4.15. The quantitative estimate of drug-likeness (QED) is 0.312. The fraction of sp³-hybridized carbons (Fsp3) is 0.143. The molecule has 180 valence electrons. The molecule has 8 heteroatoms. The average molecular weight is 500 g/mol. The third-order valence-corrected chi connectivity index (χ3v) is 6.65. The smallest absolute Gasteiger partial charge is 0.295 e. The van der Waals surface area contributed by atoms with Crippen LogP contribution in [0.1, 0.15) is 31.1 Å². The largest absolute Gasteiger partial charge is 0.335 e. The number of ketones is 1. The lowest BCUT2D eigenvalue weighted by atomic mass is 10.1. The minimum absolute atomic E-state index is 0.0765. The van der Waals surface area contributed by atoms with Gasteiger partial charge in [-0.2, -0.15) is 0 Å². The van der Waals surface area contributed by atoms with E-state index in [9.17, 15) is 19.2 Å². The molecule has 0 saturated carbocycles. The number of Topliss-reactive ketones (excluding diaryl/α,β-unsaturated/α-hetero) is 1. The number of benzene rings is 3. The van der Waals surface area contributed by atoms with Gasteiger partial charge in [0, 0.05) is 48.9 Å². The summed E-state index contributed by atoms with van der Waals surface area (Å²) in [6, 6.07) is 22.6. The molecule has 0 N–H and O–H groups in total. The van der Waals surface area contributed by atoms with E-state index in [4.69, 9.17) is 11.6 Å². The number of aromatic nitrogens is 1. The molecule has 4 aromatic rings. The molecule has 0 bridgehead atoms. The van der Waals surface area contributed by atoms with Crippen LogP contribution >= 0.6 is 11.6 Å². The highest BCUT2D eigenvalue weighted by Gasteiger charge is 2.31. The second kappa shape index (κ2) is 9.79. The van der Waals surface area contributed by atoms with Crippen LogP contribution in [-0.4, -0.2) is 64.1 Å². The molecule has 1 aliphatic heterocycles. The first-order chi connectivity index (χ1) is 17.5. The molecule has 7 nitrogen and oxygen atoms in total. The van der Waals surface area contributed by atoms with Crippen molar-refractivity contribution in [1.82, 2.24) is 14.4 Å². The fourth-order valence-electron chi connectivity index (χ4n) is 4.44. The molecule has 1 aliphatic rings. The van der Waals surface area contributed by atoms with Crippen LogP contribution in [0, 0.1) is 0 Å². The molecule has 0 radical (unpaired) electrons. The van der Waals surface area contributed by atoms with E-state index in [1.54, 1.807) is 71.6 Å². The SMILES string of the molecule is O=C(C(=O)N1CCN(C(=O)c2ccccc2)CC1)c1cn(C(=O)c2ccccc2)c2cccc(Cl)c12. The van der Waals surface area contributed by atoms with Crippen molar-refractivity contribution in [3.63, 3.8) is 0 Å². The second-order valence-corrected chi connectivity index (χ2v) is 8.90. The van der Waals surface area contributed by atoms with E-state index in [2.05, 4.69) is 0 Å². The number of rotatable bonds is 4. The molecular formula is C28H22ClN3O4. The number of hydrogen-bond donors (Lipinski definition) is 0. The van der Waals surface area contributed by atoms with Gasteiger partial charge in [-0.15, -0.1) is 0 Å². The van der Waals surface area contributed by atoms with Gasteiger partial charge in [-0.05, 0) is 36.4 Å². The van der Waals surface area contributed by atoms with Gasteiger partial charge >= 0.3 is 0 Å². The van der Waals surface area contributed by atoms with Crippen molar-refractivity contribution in [2.45, 2.75) is 0 Å². The Morgan fingerprint density at radius 2 is 1.19 bits per heavy atom. The number of halogens is 1. The maximum atomic E-state index is 13.4. The standard InChI is InChI=1S/C28H22ClN3O4/c29-22-12-7-13-23-24(22)21(18-32(23)27(35)20-10-5-2-6-11-20)25(33)28(36)31-16-14-30(15-17-31)26(34)19-8-3-1-4-9-19/h1-13,18H,14-17H2. The molecule has 2 amide bonds. The van der Waals surface area contributed by atoms with E-state index in [0.717, 1.165) is 0 Å². The normalized spacial score (nSPS) is 13.6. The molecule has 0 unspecified atom stereocenters. The summed E-state index contributed by atoms with van der Waals surface area (Å²) in [6.45, 7) is 1.11. The lowest BCUT2D eigenvalue weighted by Crippen LogP contribution is -2.52. The molecular weight excluding hydrogens is 478 g/mol. The highest BCUT2D eigenvalue weighted by molar-refractivity contribution is 6.47. The van der Waals surface area contributed by atoms with Crippen molar-refractivity contribution in [1.29, 1.82) is 0 Å². The third-order valence-electron chi connectivity index (χ3n) is 6.33. The molecule has 1 aromatic heterocycles. The maximum Gasteiger partial charge on any atom is 0.295 e. The van der Waals surface area contributed by atoms with Crippen LogP contribution in [0.4, 0.5) is 0 Å². The van der Waals surface area contributed by atoms with E-state index in [1.807, 2.05) is 12.1 Å². The van der Waals surface area contributed by atoms with Gasteiger partial charge in [0.2, 0.25) is 0 Å². The zero-order valence-electron chi connectivity index (χ0n) is 19.3. The second-order valence-electron chi connectivity index (χ2n) is 8.50. The Morgan fingerprint density at radius 3 is 1.81 bits per heavy atom. The van der Waals surface area contributed by atoms with Gasteiger partial charge in [0.25, 0.3) is 23.5 Å². The summed E-state index contributed by atoms with van der Waals surface area (Å²) in [5.74, 6) is -1.87. The van der Waals surface area contributed by atoms with E-state index in [0.29, 0.717) is 35.1 Å². The number of piperazine rings is 1. The summed E-state index contributed by atoms with van der Waals surface area (Å²) in [5, 5.41) is 0.640. The van der Waals surface area contributed by atoms with Crippen LogP contribution in [0.15, 0.2) is 85.1 Å². The van der Waals surface area contributed by atoms with Crippen molar-refractivity contribution in [2.24, 2.45) is 0 Å². The van der Waals surface area contributed by atoms with Crippen LogP contribution < -0.4 is 0 Å². The van der Waals surface area contributed by atoms with Crippen molar-refractivity contribution in [3.05, 3.63) is 107 Å². The number of hydrogen-bond acceptors (Lipinski definition) is 4. The summed E-state index contributed by atoms with van der Waals surface area (Å²) < 4.78 is 1.35. The topological polar surface area (TPSA) is 79.7 Å². The minimum Gasteiger partial charge on any atom is -0.335 e. The number of fused-ring (bicyclic) bond motifs is 1. The van der Waals surface area contributed by atoms with Crippen LogP contribution in [0.3, 0.4) is 0 Å². The lowest BCUT2D eigenvalue weighted by Gasteiger charge is -2.34. The Bertz CT molecular complexity index is 1470. The zero-order chi connectivity index (χ0) is 25.2. The number of carbonyl (C=O) groups is 4. The summed E-state index contributed by atoms with van der Waals surface area (Å²) in [4.78, 5) is 55.5. The van der Waals surface area contributed by atoms with Crippen molar-refractivity contribution < 1.29 is 19.2 Å². The molecule has 0 spiro atoms. The first-order valence-corrected chi connectivity index (χ1v) is 11.9. The van der Waals surface area contributed by atoms with E-state index in [-0.39, 0.29) is 35.5 Å². The fourth-order valence-corrected chi connectivity index (χ4v) is 4.71. The number of carbonyl (C=O) groups excluding carboxylic acids is 4. The Kier molecular flexibility index (Phi) is 6.40. The summed E-state index contributed by atoms with van der Waals surface area (Å²) in [7, 11) is 0. The molecule has 0 aliphatic carbocycles. The zero-order valence-corrected chi connectivity index (χ0v) is 20.0. The van der Waals surface area contributed by atoms with Crippen LogP contribution in [0.25, 0.3) is 10.9 Å². The van der Waals surface area contributed by atoms with E-state index in [1.165, 1.54) is 15.7 Å². The third kappa shape index (κ3) is 4.29. The summed E-state index contributed by atoms with van der Waals surface area (Å²) in [6.07, 6.45) is 1.39.